The van der Waals surface area contributed by atoms with Crippen LogP contribution in [0.25, 0.3) is 0 Å². The van der Waals surface area contributed by atoms with Gasteiger partial charge in [-0.1, -0.05) is 13.8 Å². The lowest BCUT2D eigenvalue weighted by Gasteiger charge is -2.23. The van der Waals surface area contributed by atoms with Gasteiger partial charge >= 0.3 is 0 Å². The Hall–Kier alpha value is 0.100. The molecule has 96 valence electrons. The van der Waals surface area contributed by atoms with Gasteiger partial charge in [0.15, 0.2) is 0 Å². The lowest BCUT2D eigenvalue weighted by molar-refractivity contribution is 0.354. The maximum absolute atomic E-state index is 5.90. The highest BCUT2D eigenvalue weighted by molar-refractivity contribution is 9.10. The summed E-state index contributed by atoms with van der Waals surface area (Å²) in [5.74, 6) is 0. The molecule has 1 aromatic heterocycles. The average molecular weight is 317 g/mol. The first-order valence-corrected chi connectivity index (χ1v) is 7.88. The van der Waals surface area contributed by atoms with E-state index in [1.54, 1.807) is 11.3 Å². The van der Waals surface area contributed by atoms with Crippen molar-refractivity contribution in [1.82, 2.24) is 5.32 Å². The van der Waals surface area contributed by atoms with Crippen LogP contribution < -0.4 is 11.1 Å². The van der Waals surface area contributed by atoms with Crippen LogP contribution in [0, 0.1) is 5.41 Å². The van der Waals surface area contributed by atoms with Crippen LogP contribution in [0.2, 0.25) is 0 Å². The second kappa shape index (κ2) is 5.39. The van der Waals surface area contributed by atoms with Gasteiger partial charge in [-0.05, 0) is 52.1 Å². The maximum Gasteiger partial charge on any atom is 0.0552 e. The Morgan fingerprint density at radius 3 is 2.88 bits per heavy atom. The normalized spacial score (nSPS) is 25.1. The summed E-state index contributed by atoms with van der Waals surface area (Å²) in [4.78, 5) is 1.33. The average Bonchev–Trinajstić information content (AvgIpc) is 2.81. The Labute approximate surface area is 116 Å². The van der Waals surface area contributed by atoms with Crippen molar-refractivity contribution in [2.75, 3.05) is 6.54 Å². The highest BCUT2D eigenvalue weighted by Gasteiger charge is 2.32. The monoisotopic (exact) mass is 316 g/mol. The molecule has 1 heterocycles. The van der Waals surface area contributed by atoms with E-state index in [1.165, 1.54) is 28.6 Å². The topological polar surface area (TPSA) is 38.0 Å². The van der Waals surface area contributed by atoms with Gasteiger partial charge in [0.05, 0.1) is 6.04 Å². The molecule has 2 nitrogen and oxygen atoms in total. The smallest absolute Gasteiger partial charge is 0.0552 e. The Balaban J connectivity index is 2.00. The summed E-state index contributed by atoms with van der Waals surface area (Å²) in [6, 6.07) is 3.01. The quantitative estimate of drug-likeness (QED) is 0.889. The molecule has 17 heavy (non-hydrogen) atoms. The van der Waals surface area contributed by atoms with Crippen molar-refractivity contribution >= 4 is 27.3 Å². The van der Waals surface area contributed by atoms with Gasteiger partial charge in [-0.2, -0.15) is 0 Å². The summed E-state index contributed by atoms with van der Waals surface area (Å²) in [6.07, 6.45) is 3.84. The zero-order valence-electron chi connectivity index (χ0n) is 10.5. The molecule has 0 aromatic carbocycles. The summed E-state index contributed by atoms with van der Waals surface area (Å²) in [6.45, 7) is 5.37. The van der Waals surface area contributed by atoms with Crippen LogP contribution in [0.1, 0.15) is 44.0 Å². The molecule has 1 aliphatic carbocycles. The first-order valence-electron chi connectivity index (χ1n) is 6.21. The van der Waals surface area contributed by atoms with Gasteiger partial charge in [-0.25, -0.2) is 0 Å². The molecule has 2 rings (SSSR count). The first-order chi connectivity index (χ1) is 8.02. The van der Waals surface area contributed by atoms with Gasteiger partial charge < -0.3 is 11.1 Å². The van der Waals surface area contributed by atoms with Crippen molar-refractivity contribution in [2.24, 2.45) is 11.1 Å². The number of nitrogens with one attached hydrogen (secondary N) is 1. The zero-order valence-corrected chi connectivity index (χ0v) is 12.9. The van der Waals surface area contributed by atoms with E-state index in [9.17, 15) is 0 Å². The third kappa shape index (κ3) is 3.31. The van der Waals surface area contributed by atoms with Crippen LogP contribution in [0.3, 0.4) is 0 Å². The molecule has 4 heteroatoms. The van der Waals surface area contributed by atoms with Crippen molar-refractivity contribution in [3.05, 3.63) is 20.8 Å². The van der Waals surface area contributed by atoms with Gasteiger partial charge in [0.1, 0.15) is 0 Å². The minimum atomic E-state index is 0.295. The van der Waals surface area contributed by atoms with Gasteiger partial charge in [-0.3, -0.25) is 0 Å². The summed E-state index contributed by atoms with van der Waals surface area (Å²) in [5, 5.41) is 5.83. The second-order valence-corrected chi connectivity index (χ2v) is 7.49. The lowest BCUT2D eigenvalue weighted by atomic mass is 9.92. The molecular formula is C13H21BrN2S. The van der Waals surface area contributed by atoms with E-state index in [0.717, 1.165) is 0 Å². The molecule has 1 aliphatic rings. The van der Waals surface area contributed by atoms with Gasteiger partial charge in [0.2, 0.25) is 0 Å². The summed E-state index contributed by atoms with van der Waals surface area (Å²) >= 11 is 5.37. The van der Waals surface area contributed by atoms with Gasteiger partial charge in [0.25, 0.3) is 0 Å². The summed E-state index contributed by atoms with van der Waals surface area (Å²) in [7, 11) is 0. The lowest BCUT2D eigenvalue weighted by Crippen LogP contribution is -2.35. The summed E-state index contributed by atoms with van der Waals surface area (Å²) in [5.41, 5.74) is 6.39. The molecule has 1 saturated carbocycles. The minimum absolute atomic E-state index is 0.295. The predicted octanol–water partition coefficient (Wildman–Crippen LogP) is 3.68. The van der Waals surface area contributed by atoms with E-state index in [0.29, 0.717) is 24.0 Å². The molecule has 0 bridgehead atoms. The zero-order chi connectivity index (χ0) is 12.5. The van der Waals surface area contributed by atoms with Crippen molar-refractivity contribution in [2.45, 2.75) is 45.2 Å². The van der Waals surface area contributed by atoms with Crippen molar-refractivity contribution in [1.29, 1.82) is 0 Å². The minimum Gasteiger partial charge on any atom is -0.329 e. The Bertz CT molecular complexity index is 375. The number of halogens is 1. The molecule has 0 saturated heterocycles. The Morgan fingerprint density at radius 1 is 1.65 bits per heavy atom. The molecule has 1 aromatic rings. The third-order valence-electron chi connectivity index (χ3n) is 3.60. The highest BCUT2D eigenvalue weighted by Crippen LogP contribution is 2.38. The number of hydrogen-bond donors (Lipinski definition) is 2. The molecule has 0 aliphatic heterocycles. The highest BCUT2D eigenvalue weighted by atomic mass is 79.9. The second-order valence-electron chi connectivity index (χ2n) is 5.69. The fourth-order valence-corrected chi connectivity index (χ4v) is 4.39. The van der Waals surface area contributed by atoms with Crippen LogP contribution in [0.15, 0.2) is 15.9 Å². The van der Waals surface area contributed by atoms with Crippen LogP contribution in [-0.2, 0) is 0 Å². The van der Waals surface area contributed by atoms with Crippen LogP contribution in [0.5, 0.6) is 0 Å². The van der Waals surface area contributed by atoms with Gasteiger partial charge in [-0.15, -0.1) is 11.3 Å². The fraction of sp³-hybridized carbons (Fsp3) is 0.692. The molecule has 3 N–H and O–H groups in total. The van der Waals surface area contributed by atoms with E-state index in [4.69, 9.17) is 5.73 Å². The Morgan fingerprint density at radius 2 is 2.41 bits per heavy atom. The first kappa shape index (κ1) is 13.5. The standard InChI is InChI=1S/C13H21BrN2S/c1-13(2)5-3-9(7-13)16-11(8-15)12-10(14)4-6-17-12/h4,6,9,11,16H,3,5,7-8,15H2,1-2H3. The predicted molar refractivity (Wildman–Crippen MR) is 78.4 cm³/mol. The molecule has 2 atom stereocenters. The van der Waals surface area contributed by atoms with Crippen molar-refractivity contribution in [3.8, 4) is 0 Å². The van der Waals surface area contributed by atoms with E-state index in [2.05, 4.69) is 46.5 Å². The van der Waals surface area contributed by atoms with E-state index < -0.39 is 0 Å². The van der Waals surface area contributed by atoms with E-state index in [1.807, 2.05) is 0 Å². The molecule has 0 spiro atoms. The van der Waals surface area contributed by atoms with E-state index in [-0.39, 0.29) is 0 Å². The summed E-state index contributed by atoms with van der Waals surface area (Å²) < 4.78 is 1.18. The third-order valence-corrected chi connectivity index (χ3v) is 5.59. The van der Waals surface area contributed by atoms with Gasteiger partial charge in [0, 0.05) is 21.9 Å². The largest absolute Gasteiger partial charge is 0.329 e. The molecule has 0 amide bonds. The van der Waals surface area contributed by atoms with Crippen molar-refractivity contribution in [3.63, 3.8) is 0 Å². The number of nitrogens with two attached hydrogens (primary N) is 1. The Kier molecular flexibility index (Phi) is 4.29. The maximum atomic E-state index is 5.90. The fourth-order valence-electron chi connectivity index (χ4n) is 2.67. The molecule has 1 fully saturated rings. The van der Waals surface area contributed by atoms with Crippen LogP contribution >= 0.6 is 27.3 Å². The van der Waals surface area contributed by atoms with E-state index >= 15 is 0 Å². The SMILES string of the molecule is CC1(C)CCC(NC(CN)c2sccc2Br)C1. The molecule has 2 unspecified atom stereocenters. The molecular weight excluding hydrogens is 296 g/mol. The van der Waals surface area contributed by atoms with Crippen molar-refractivity contribution < 1.29 is 0 Å². The van der Waals surface area contributed by atoms with Crippen LogP contribution in [0.4, 0.5) is 0 Å². The number of thiophene rings is 1. The number of hydrogen-bond acceptors (Lipinski definition) is 3. The number of rotatable bonds is 4. The van der Waals surface area contributed by atoms with Crippen LogP contribution in [-0.4, -0.2) is 12.6 Å². The molecule has 0 radical (unpaired) electrons.